The van der Waals surface area contributed by atoms with Crippen molar-refractivity contribution in [3.05, 3.63) is 95.3 Å². The quantitative estimate of drug-likeness (QED) is 0.370. The minimum atomic E-state index is -0.0383. The smallest absolute Gasteiger partial charge is 0.230 e. The Bertz CT molecular complexity index is 1150. The summed E-state index contributed by atoms with van der Waals surface area (Å²) in [6, 6.07) is 21.6. The van der Waals surface area contributed by atoms with E-state index < -0.39 is 0 Å². The molecule has 32 heavy (non-hydrogen) atoms. The van der Waals surface area contributed by atoms with Crippen LogP contribution in [0.5, 0.6) is 0 Å². The van der Waals surface area contributed by atoms with Gasteiger partial charge in [0.15, 0.2) is 11.0 Å². The maximum atomic E-state index is 12.4. The second kappa shape index (κ2) is 10.9. The van der Waals surface area contributed by atoms with E-state index in [9.17, 15) is 4.79 Å². The summed E-state index contributed by atoms with van der Waals surface area (Å²) in [5, 5.41) is 13.1. The van der Waals surface area contributed by atoms with Gasteiger partial charge in [0.25, 0.3) is 0 Å². The molecule has 6 nitrogen and oxygen atoms in total. The Labute approximate surface area is 196 Å². The highest BCUT2D eigenvalue weighted by Gasteiger charge is 2.16. The molecule has 162 valence electrons. The minimum absolute atomic E-state index is 0.0383. The standard InChI is InChI=1S/C24H22ClN5OS/c25-21-8-6-18(7-9-21)10-15-27-22(31)17-32-24-29-28-23(20-11-13-26-14-12-20)30(24)16-19-4-2-1-3-5-19/h1-9,11-14H,10,15-17H2,(H,27,31). The van der Waals surface area contributed by atoms with E-state index in [1.807, 2.05) is 59.2 Å². The third-order valence-corrected chi connectivity index (χ3v) is 6.04. The first-order valence-electron chi connectivity index (χ1n) is 10.2. The number of aromatic nitrogens is 4. The van der Waals surface area contributed by atoms with Gasteiger partial charge in [-0.05, 0) is 41.8 Å². The molecule has 0 saturated heterocycles. The van der Waals surface area contributed by atoms with Crippen molar-refractivity contribution in [3.63, 3.8) is 0 Å². The molecular formula is C24H22ClN5OS. The van der Waals surface area contributed by atoms with Gasteiger partial charge < -0.3 is 5.32 Å². The first-order valence-corrected chi connectivity index (χ1v) is 11.6. The molecule has 4 rings (SSSR count). The monoisotopic (exact) mass is 463 g/mol. The fourth-order valence-electron chi connectivity index (χ4n) is 3.20. The lowest BCUT2D eigenvalue weighted by atomic mass is 10.1. The molecule has 0 radical (unpaired) electrons. The number of hydrogen-bond donors (Lipinski definition) is 1. The zero-order chi connectivity index (χ0) is 22.2. The largest absolute Gasteiger partial charge is 0.355 e. The summed E-state index contributed by atoms with van der Waals surface area (Å²) in [6.45, 7) is 1.19. The van der Waals surface area contributed by atoms with Crippen molar-refractivity contribution < 1.29 is 4.79 Å². The third kappa shape index (κ3) is 5.96. The number of carbonyl (C=O) groups is 1. The number of thioether (sulfide) groups is 1. The predicted molar refractivity (Wildman–Crippen MR) is 128 cm³/mol. The topological polar surface area (TPSA) is 72.7 Å². The van der Waals surface area contributed by atoms with Crippen LogP contribution in [-0.4, -0.2) is 38.0 Å². The fourth-order valence-corrected chi connectivity index (χ4v) is 4.09. The van der Waals surface area contributed by atoms with E-state index in [-0.39, 0.29) is 11.7 Å². The van der Waals surface area contributed by atoms with Crippen molar-refractivity contribution >= 4 is 29.3 Å². The molecule has 2 heterocycles. The van der Waals surface area contributed by atoms with Crippen LogP contribution in [-0.2, 0) is 17.8 Å². The highest BCUT2D eigenvalue weighted by atomic mass is 35.5. The first kappa shape index (κ1) is 22.0. The Morgan fingerprint density at radius 1 is 0.938 bits per heavy atom. The fraction of sp³-hybridized carbons (Fsp3) is 0.167. The Balaban J connectivity index is 1.40. The maximum Gasteiger partial charge on any atom is 0.230 e. The van der Waals surface area contributed by atoms with Gasteiger partial charge in [-0.2, -0.15) is 0 Å². The molecular weight excluding hydrogens is 442 g/mol. The molecule has 1 amide bonds. The van der Waals surface area contributed by atoms with Crippen LogP contribution in [0.4, 0.5) is 0 Å². The van der Waals surface area contributed by atoms with E-state index in [1.165, 1.54) is 11.8 Å². The first-order chi connectivity index (χ1) is 15.7. The van der Waals surface area contributed by atoms with Crippen molar-refractivity contribution in [1.82, 2.24) is 25.1 Å². The number of amides is 1. The SMILES string of the molecule is O=C(CSc1nnc(-c2ccncc2)n1Cc1ccccc1)NCCc1ccc(Cl)cc1. The zero-order valence-electron chi connectivity index (χ0n) is 17.3. The zero-order valence-corrected chi connectivity index (χ0v) is 18.9. The van der Waals surface area contributed by atoms with Crippen LogP contribution in [0.3, 0.4) is 0 Å². The second-order valence-corrected chi connectivity index (χ2v) is 8.51. The molecule has 2 aromatic carbocycles. The molecule has 2 aromatic heterocycles. The number of pyridine rings is 1. The molecule has 4 aromatic rings. The summed E-state index contributed by atoms with van der Waals surface area (Å²) in [6.07, 6.45) is 4.22. The van der Waals surface area contributed by atoms with Crippen LogP contribution in [0, 0.1) is 0 Å². The van der Waals surface area contributed by atoms with Crippen LogP contribution >= 0.6 is 23.4 Å². The molecule has 0 atom stereocenters. The van der Waals surface area contributed by atoms with Gasteiger partial charge in [-0.15, -0.1) is 10.2 Å². The normalized spacial score (nSPS) is 10.8. The highest BCUT2D eigenvalue weighted by molar-refractivity contribution is 7.99. The van der Waals surface area contributed by atoms with E-state index in [4.69, 9.17) is 11.6 Å². The number of nitrogens with zero attached hydrogens (tertiary/aromatic N) is 4. The summed E-state index contributed by atoms with van der Waals surface area (Å²) in [4.78, 5) is 16.5. The van der Waals surface area contributed by atoms with Crippen LogP contribution in [0.1, 0.15) is 11.1 Å². The van der Waals surface area contributed by atoms with Crippen LogP contribution in [0.15, 0.2) is 84.3 Å². The molecule has 0 aliphatic heterocycles. The second-order valence-electron chi connectivity index (χ2n) is 7.13. The number of nitrogens with one attached hydrogen (secondary N) is 1. The Kier molecular flexibility index (Phi) is 7.53. The van der Waals surface area contributed by atoms with Crippen LogP contribution < -0.4 is 5.32 Å². The number of halogens is 1. The van der Waals surface area contributed by atoms with Crippen LogP contribution in [0.2, 0.25) is 5.02 Å². The third-order valence-electron chi connectivity index (χ3n) is 4.82. The number of benzene rings is 2. The molecule has 1 N–H and O–H groups in total. The molecule has 0 spiro atoms. The highest BCUT2D eigenvalue weighted by Crippen LogP contribution is 2.24. The van der Waals surface area contributed by atoms with Gasteiger partial charge in [0.05, 0.1) is 12.3 Å². The average molecular weight is 464 g/mol. The Morgan fingerprint density at radius 3 is 2.44 bits per heavy atom. The van der Waals surface area contributed by atoms with Crippen molar-refractivity contribution in [2.24, 2.45) is 0 Å². The van der Waals surface area contributed by atoms with E-state index in [2.05, 4.69) is 32.6 Å². The minimum Gasteiger partial charge on any atom is -0.355 e. The summed E-state index contributed by atoms with van der Waals surface area (Å²) in [7, 11) is 0. The molecule has 8 heteroatoms. The van der Waals surface area contributed by atoms with Crippen molar-refractivity contribution in [3.8, 4) is 11.4 Å². The molecule has 0 saturated carbocycles. The molecule has 0 bridgehead atoms. The van der Waals surface area contributed by atoms with E-state index in [0.29, 0.717) is 23.3 Å². The summed E-state index contributed by atoms with van der Waals surface area (Å²) in [5.41, 5.74) is 3.20. The van der Waals surface area contributed by atoms with Gasteiger partial charge in [-0.1, -0.05) is 65.8 Å². The molecule has 0 aliphatic carbocycles. The van der Waals surface area contributed by atoms with Crippen molar-refractivity contribution in [1.29, 1.82) is 0 Å². The van der Waals surface area contributed by atoms with Gasteiger partial charge in [0.1, 0.15) is 0 Å². The number of hydrogen-bond acceptors (Lipinski definition) is 5. The molecule has 0 aliphatic rings. The molecule has 0 fully saturated rings. The lowest BCUT2D eigenvalue weighted by molar-refractivity contribution is -0.118. The van der Waals surface area contributed by atoms with Gasteiger partial charge in [0, 0.05) is 29.5 Å². The van der Waals surface area contributed by atoms with E-state index >= 15 is 0 Å². The maximum absolute atomic E-state index is 12.4. The Morgan fingerprint density at radius 2 is 1.69 bits per heavy atom. The summed E-state index contributed by atoms with van der Waals surface area (Å²) >= 11 is 7.29. The van der Waals surface area contributed by atoms with E-state index in [1.54, 1.807) is 12.4 Å². The molecule has 0 unspecified atom stereocenters. The van der Waals surface area contributed by atoms with Crippen molar-refractivity contribution in [2.75, 3.05) is 12.3 Å². The lowest BCUT2D eigenvalue weighted by Crippen LogP contribution is -2.27. The van der Waals surface area contributed by atoms with Gasteiger partial charge >= 0.3 is 0 Å². The number of carbonyl (C=O) groups excluding carboxylic acids is 1. The number of rotatable bonds is 9. The van der Waals surface area contributed by atoms with Gasteiger partial charge in [-0.3, -0.25) is 14.3 Å². The van der Waals surface area contributed by atoms with Gasteiger partial charge in [-0.25, -0.2) is 0 Å². The van der Waals surface area contributed by atoms with Crippen LogP contribution in [0.25, 0.3) is 11.4 Å². The van der Waals surface area contributed by atoms with E-state index in [0.717, 1.165) is 28.9 Å². The average Bonchev–Trinajstić information content (AvgIpc) is 3.22. The summed E-state index contributed by atoms with van der Waals surface area (Å²) in [5.74, 6) is 0.981. The summed E-state index contributed by atoms with van der Waals surface area (Å²) < 4.78 is 2.04. The predicted octanol–water partition coefficient (Wildman–Crippen LogP) is 4.49. The Hall–Kier alpha value is -3.16. The van der Waals surface area contributed by atoms with Gasteiger partial charge in [0.2, 0.25) is 5.91 Å². The lowest BCUT2D eigenvalue weighted by Gasteiger charge is -2.10. The van der Waals surface area contributed by atoms with Crippen molar-refractivity contribution in [2.45, 2.75) is 18.1 Å².